The highest BCUT2D eigenvalue weighted by molar-refractivity contribution is 7.21. The largest absolute Gasteiger partial charge is 1.00 e. The molecule has 2 heterocycles. The number of rotatable bonds is 6. The van der Waals surface area contributed by atoms with Gasteiger partial charge in [-0.05, 0) is 61.1 Å². The van der Waals surface area contributed by atoms with Gasteiger partial charge in [0.2, 0.25) is 0 Å². The minimum absolute atomic E-state index is 0. The Bertz CT molecular complexity index is 1490. The predicted molar refractivity (Wildman–Crippen MR) is 146 cm³/mol. The summed E-state index contributed by atoms with van der Waals surface area (Å²) < 4.78 is 36.8. The highest BCUT2D eigenvalue weighted by atomic mass is 35.5. The summed E-state index contributed by atoms with van der Waals surface area (Å²) in [5.41, 5.74) is 9.01. The van der Waals surface area contributed by atoms with Crippen molar-refractivity contribution in [2.75, 3.05) is 7.11 Å². The summed E-state index contributed by atoms with van der Waals surface area (Å²) in [6.45, 7) is 0.256. The smallest absolute Gasteiger partial charge is 0.266 e. The lowest BCUT2D eigenvalue weighted by molar-refractivity contribution is -0.671. The SMILES string of the molecule is COc1ccc(-c2cc[n+](C)cc2)cc1CN(C(=O)c1sc2c(F)ccc(F)c2c1Cl)C1CCC(N)CC1.[Cl-]. The van der Waals surface area contributed by atoms with Crippen molar-refractivity contribution in [2.45, 2.75) is 44.3 Å². The molecule has 1 aliphatic rings. The number of methoxy groups -OCH3 is 1. The molecule has 0 bridgehead atoms. The van der Waals surface area contributed by atoms with Crippen LogP contribution >= 0.6 is 22.9 Å². The van der Waals surface area contributed by atoms with Crippen LogP contribution in [-0.4, -0.2) is 30.0 Å². The molecule has 1 amide bonds. The molecule has 10 heteroatoms. The van der Waals surface area contributed by atoms with Crippen LogP contribution in [0.5, 0.6) is 5.75 Å². The van der Waals surface area contributed by atoms with Crippen LogP contribution in [0.25, 0.3) is 21.2 Å². The first-order chi connectivity index (χ1) is 18.3. The normalized spacial score (nSPS) is 17.1. The van der Waals surface area contributed by atoms with Crippen molar-refractivity contribution in [2.24, 2.45) is 12.8 Å². The number of fused-ring (bicyclic) bond motifs is 1. The number of aryl methyl sites for hydroxylation is 1. The third-order valence-electron chi connectivity index (χ3n) is 7.25. The maximum Gasteiger partial charge on any atom is 0.266 e. The van der Waals surface area contributed by atoms with Gasteiger partial charge in [-0.25, -0.2) is 13.3 Å². The molecule has 0 saturated heterocycles. The number of hydrogen-bond acceptors (Lipinski definition) is 4. The first-order valence-electron chi connectivity index (χ1n) is 12.5. The maximum atomic E-state index is 14.6. The maximum absolute atomic E-state index is 14.6. The van der Waals surface area contributed by atoms with Crippen molar-refractivity contribution < 1.29 is 35.3 Å². The molecule has 1 saturated carbocycles. The van der Waals surface area contributed by atoms with E-state index in [0.29, 0.717) is 5.75 Å². The van der Waals surface area contributed by atoms with Gasteiger partial charge in [-0.1, -0.05) is 17.7 Å². The molecular weight excluding hydrogens is 563 g/mol. The third-order valence-corrected chi connectivity index (χ3v) is 8.93. The number of carbonyl (C=O) groups is 1. The molecule has 0 atom stereocenters. The van der Waals surface area contributed by atoms with Gasteiger partial charge >= 0.3 is 0 Å². The predicted octanol–water partition coefficient (Wildman–Crippen LogP) is 3.25. The summed E-state index contributed by atoms with van der Waals surface area (Å²) in [5.74, 6) is -0.953. The lowest BCUT2D eigenvalue weighted by atomic mass is 9.90. The summed E-state index contributed by atoms with van der Waals surface area (Å²) in [7, 11) is 3.56. The van der Waals surface area contributed by atoms with E-state index in [0.717, 1.165) is 65.8 Å². The fourth-order valence-corrected chi connectivity index (χ4v) is 6.61. The first kappa shape index (κ1) is 29.2. The molecule has 5 nitrogen and oxygen atoms in total. The number of nitrogens with two attached hydrogens (primary N) is 1. The van der Waals surface area contributed by atoms with Gasteiger partial charge in [-0.15, -0.1) is 11.3 Å². The number of amides is 1. The van der Waals surface area contributed by atoms with Gasteiger partial charge in [0.25, 0.3) is 5.91 Å². The van der Waals surface area contributed by atoms with E-state index in [1.807, 2.05) is 54.3 Å². The van der Waals surface area contributed by atoms with Crippen LogP contribution in [0.2, 0.25) is 5.02 Å². The van der Waals surface area contributed by atoms with Crippen LogP contribution < -0.4 is 27.4 Å². The zero-order chi connectivity index (χ0) is 27.0. The fraction of sp³-hybridized carbons (Fsp3) is 0.310. The molecule has 206 valence electrons. The molecule has 0 unspecified atom stereocenters. The molecule has 5 rings (SSSR count). The van der Waals surface area contributed by atoms with Crippen molar-refractivity contribution in [3.63, 3.8) is 0 Å². The van der Waals surface area contributed by atoms with Gasteiger partial charge < -0.3 is 27.8 Å². The Morgan fingerprint density at radius 3 is 2.38 bits per heavy atom. The number of nitrogens with zero attached hydrogens (tertiary/aromatic N) is 2. The Morgan fingerprint density at radius 1 is 1.08 bits per heavy atom. The van der Waals surface area contributed by atoms with Gasteiger partial charge in [0.1, 0.15) is 29.3 Å². The number of halogens is 4. The van der Waals surface area contributed by atoms with Crippen molar-refractivity contribution in [1.29, 1.82) is 0 Å². The molecule has 1 fully saturated rings. The zero-order valence-electron chi connectivity index (χ0n) is 21.6. The molecule has 39 heavy (non-hydrogen) atoms. The van der Waals surface area contributed by atoms with Crippen LogP contribution in [0.3, 0.4) is 0 Å². The van der Waals surface area contributed by atoms with Crippen LogP contribution in [-0.2, 0) is 13.6 Å². The standard InChI is InChI=1S/C29H29ClF2N3O2S.ClH/c1-34-13-11-17(12-14-34)18-3-10-24(37-2)19(15-18)16-35(21-6-4-20(33)5-7-21)29(36)28-26(30)25-22(31)8-9-23(32)27(25)38-28;/h3,8-15,20-21H,4-7,16,33H2,1-2H3;1H/q+1;/p-1. The average Bonchev–Trinajstić information content (AvgIpc) is 3.28. The second-order valence-corrected chi connectivity index (χ2v) is 11.2. The van der Waals surface area contributed by atoms with E-state index in [1.54, 1.807) is 12.0 Å². The molecule has 2 aromatic heterocycles. The second-order valence-electron chi connectivity index (χ2n) is 9.76. The van der Waals surface area contributed by atoms with E-state index in [9.17, 15) is 13.6 Å². The number of hydrogen-bond donors (Lipinski definition) is 1. The minimum Gasteiger partial charge on any atom is -1.00 e. The van der Waals surface area contributed by atoms with Crippen LogP contribution in [0, 0.1) is 11.6 Å². The number of ether oxygens (including phenoxy) is 1. The van der Waals surface area contributed by atoms with Crippen molar-refractivity contribution >= 4 is 38.9 Å². The van der Waals surface area contributed by atoms with Gasteiger partial charge in [0, 0.05) is 36.3 Å². The first-order valence-corrected chi connectivity index (χ1v) is 13.7. The minimum atomic E-state index is -0.650. The highest BCUT2D eigenvalue weighted by Crippen LogP contribution is 2.40. The Kier molecular flexibility index (Phi) is 9.11. The Labute approximate surface area is 241 Å². The Morgan fingerprint density at radius 2 is 1.74 bits per heavy atom. The molecule has 0 aliphatic heterocycles. The summed E-state index contributed by atoms with van der Waals surface area (Å²) in [6, 6.07) is 12.0. The van der Waals surface area contributed by atoms with Crippen LogP contribution in [0.15, 0.2) is 54.9 Å². The van der Waals surface area contributed by atoms with Crippen LogP contribution in [0.1, 0.15) is 40.9 Å². The third kappa shape index (κ3) is 5.89. The lowest BCUT2D eigenvalue weighted by Gasteiger charge is -2.36. The average molecular weight is 593 g/mol. The summed E-state index contributed by atoms with van der Waals surface area (Å²) >= 11 is 7.42. The van der Waals surface area contributed by atoms with Gasteiger partial charge in [0.15, 0.2) is 12.4 Å². The second kappa shape index (κ2) is 12.2. The van der Waals surface area contributed by atoms with E-state index in [2.05, 4.69) is 0 Å². The molecule has 0 spiro atoms. The van der Waals surface area contributed by atoms with Crippen molar-refractivity contribution in [3.05, 3.63) is 82.0 Å². The Hall–Kier alpha value is -2.78. The number of pyridine rings is 1. The number of thiophene rings is 1. The van der Waals surface area contributed by atoms with E-state index in [4.69, 9.17) is 22.1 Å². The molecule has 2 aromatic carbocycles. The number of benzene rings is 2. The molecule has 0 radical (unpaired) electrons. The zero-order valence-corrected chi connectivity index (χ0v) is 23.9. The number of carbonyl (C=O) groups excluding carboxylic acids is 1. The molecule has 2 N–H and O–H groups in total. The van der Waals surface area contributed by atoms with Gasteiger partial charge in [0.05, 0.1) is 22.2 Å². The van der Waals surface area contributed by atoms with E-state index in [1.165, 1.54) is 0 Å². The summed E-state index contributed by atoms with van der Waals surface area (Å²) in [6.07, 6.45) is 6.99. The topological polar surface area (TPSA) is 59.4 Å². The van der Waals surface area contributed by atoms with Crippen molar-refractivity contribution in [1.82, 2.24) is 4.90 Å². The monoisotopic (exact) mass is 591 g/mol. The quantitative estimate of drug-likeness (QED) is 0.350. The molecule has 1 aliphatic carbocycles. The van der Waals surface area contributed by atoms with E-state index in [-0.39, 0.29) is 56.9 Å². The van der Waals surface area contributed by atoms with E-state index >= 15 is 0 Å². The van der Waals surface area contributed by atoms with Crippen molar-refractivity contribution in [3.8, 4) is 16.9 Å². The van der Waals surface area contributed by atoms with Gasteiger partial charge in [-0.2, -0.15) is 0 Å². The molecular formula is C29H29Cl2F2N3O2S. The van der Waals surface area contributed by atoms with Gasteiger partial charge in [-0.3, -0.25) is 4.79 Å². The summed E-state index contributed by atoms with van der Waals surface area (Å²) in [4.78, 5) is 16.0. The number of aromatic nitrogens is 1. The molecule has 4 aromatic rings. The Balaban J connectivity index is 0.00000353. The van der Waals surface area contributed by atoms with E-state index < -0.39 is 11.6 Å². The lowest BCUT2D eigenvalue weighted by Crippen LogP contribution is -3.00. The van der Waals surface area contributed by atoms with Crippen LogP contribution in [0.4, 0.5) is 8.78 Å². The summed E-state index contributed by atoms with van der Waals surface area (Å²) in [5, 5.41) is -0.107. The fourth-order valence-electron chi connectivity index (χ4n) is 5.10. The highest BCUT2D eigenvalue weighted by Gasteiger charge is 2.32.